The van der Waals surface area contributed by atoms with Crippen LogP contribution in [0.25, 0.3) is 0 Å². The van der Waals surface area contributed by atoms with Crippen LogP contribution in [0.15, 0.2) is 30.3 Å². The number of benzene rings is 2. The van der Waals surface area contributed by atoms with Crippen molar-refractivity contribution in [2.45, 2.75) is 32.4 Å². The maximum absolute atomic E-state index is 12.7. The predicted octanol–water partition coefficient (Wildman–Crippen LogP) is 4.06. The molecule has 0 aromatic heterocycles. The fourth-order valence-corrected chi connectivity index (χ4v) is 3.11. The Morgan fingerprint density at radius 3 is 2.19 bits per heavy atom. The second-order valence-corrected chi connectivity index (χ2v) is 7.47. The summed E-state index contributed by atoms with van der Waals surface area (Å²) < 4.78 is 58.9. The van der Waals surface area contributed by atoms with Crippen LogP contribution < -0.4 is 19.5 Å². The van der Waals surface area contributed by atoms with Gasteiger partial charge < -0.3 is 29.4 Å². The molecule has 12 heteroatoms. The summed E-state index contributed by atoms with van der Waals surface area (Å²) >= 11 is 0. The third-order valence-electron chi connectivity index (χ3n) is 4.87. The molecule has 0 aliphatic rings. The van der Waals surface area contributed by atoms with Crippen molar-refractivity contribution >= 4 is 23.3 Å². The Labute approximate surface area is 205 Å². The highest BCUT2D eigenvalue weighted by Crippen LogP contribution is 2.35. The zero-order chi connectivity index (χ0) is 26.9. The van der Waals surface area contributed by atoms with Crippen LogP contribution in [-0.2, 0) is 20.7 Å². The van der Waals surface area contributed by atoms with Crippen molar-refractivity contribution < 1.29 is 51.6 Å². The number of phenolic OH excluding ortho intramolecular Hbond substituents is 1. The fourth-order valence-electron chi connectivity index (χ4n) is 3.11. The quantitative estimate of drug-likeness (QED) is 0.200. The summed E-state index contributed by atoms with van der Waals surface area (Å²) in [6.45, 7) is 1.39. The largest absolute Gasteiger partial charge is 0.507 e. The lowest BCUT2D eigenvalue weighted by molar-refractivity contribution is -0.150. The maximum atomic E-state index is 12.7. The normalized spacial score (nSPS) is 10.9. The number of nitrogens with one attached hydrogen (secondary N) is 1. The van der Waals surface area contributed by atoms with Crippen LogP contribution >= 0.6 is 0 Å². The minimum atomic E-state index is -4.44. The molecule has 2 rings (SSSR count). The van der Waals surface area contributed by atoms with Crippen LogP contribution in [0.4, 0.5) is 18.9 Å². The Balaban J connectivity index is 1.98. The third-order valence-corrected chi connectivity index (χ3v) is 4.87. The summed E-state index contributed by atoms with van der Waals surface area (Å²) in [6.07, 6.45) is -5.85. The highest BCUT2D eigenvalue weighted by Gasteiger charge is 2.29. The number of esters is 1. The van der Waals surface area contributed by atoms with Gasteiger partial charge in [-0.3, -0.25) is 9.59 Å². The van der Waals surface area contributed by atoms with E-state index < -0.39 is 42.4 Å². The van der Waals surface area contributed by atoms with Crippen LogP contribution in [0.5, 0.6) is 23.0 Å². The SMILES string of the molecule is COC(=O)C(=O)Nc1ccc(OCCCOc2ccc(C(C)=O)c(O)c2CCC(F)(F)F)c(OC)c1. The second kappa shape index (κ2) is 12.7. The first-order valence-corrected chi connectivity index (χ1v) is 10.7. The zero-order valence-electron chi connectivity index (χ0n) is 19.9. The van der Waals surface area contributed by atoms with E-state index >= 15 is 0 Å². The summed E-state index contributed by atoms with van der Waals surface area (Å²) in [7, 11) is 2.47. The van der Waals surface area contributed by atoms with Gasteiger partial charge in [0, 0.05) is 30.2 Å². The molecule has 1 amide bonds. The Hall–Kier alpha value is -3.96. The maximum Gasteiger partial charge on any atom is 0.396 e. The molecule has 0 fully saturated rings. The van der Waals surface area contributed by atoms with E-state index in [2.05, 4.69) is 10.1 Å². The third kappa shape index (κ3) is 8.07. The van der Waals surface area contributed by atoms with Gasteiger partial charge in [-0.25, -0.2) is 4.79 Å². The van der Waals surface area contributed by atoms with Crippen LogP contribution in [0.3, 0.4) is 0 Å². The molecule has 2 aromatic carbocycles. The van der Waals surface area contributed by atoms with Gasteiger partial charge in [-0.05, 0) is 37.6 Å². The summed E-state index contributed by atoms with van der Waals surface area (Å²) in [5, 5.41) is 12.7. The molecule has 0 spiro atoms. The number of carbonyl (C=O) groups excluding carboxylic acids is 3. The lowest BCUT2D eigenvalue weighted by atomic mass is 10.0. The van der Waals surface area contributed by atoms with Crippen LogP contribution in [0, 0.1) is 0 Å². The fraction of sp³-hybridized carbons (Fsp3) is 0.375. The number of ketones is 1. The lowest BCUT2D eigenvalue weighted by Crippen LogP contribution is -2.23. The molecule has 0 unspecified atom stereocenters. The van der Waals surface area contributed by atoms with Gasteiger partial charge in [0.05, 0.1) is 33.0 Å². The number of halogens is 3. The van der Waals surface area contributed by atoms with Gasteiger partial charge in [0.25, 0.3) is 0 Å². The first-order chi connectivity index (χ1) is 17.0. The number of rotatable bonds is 11. The summed E-state index contributed by atoms with van der Waals surface area (Å²) in [5.41, 5.74) is 0.103. The number of alkyl halides is 3. The number of amides is 1. The number of hydrogen-bond donors (Lipinski definition) is 2. The van der Waals surface area contributed by atoms with Gasteiger partial charge in [-0.1, -0.05) is 0 Å². The monoisotopic (exact) mass is 513 g/mol. The van der Waals surface area contributed by atoms with Crippen molar-refractivity contribution in [2.24, 2.45) is 0 Å². The van der Waals surface area contributed by atoms with E-state index in [4.69, 9.17) is 14.2 Å². The highest BCUT2D eigenvalue weighted by molar-refractivity contribution is 6.37. The summed E-state index contributed by atoms with van der Waals surface area (Å²) in [5.74, 6) is -2.36. The minimum Gasteiger partial charge on any atom is -0.507 e. The van der Waals surface area contributed by atoms with Crippen molar-refractivity contribution in [3.8, 4) is 23.0 Å². The van der Waals surface area contributed by atoms with E-state index in [0.29, 0.717) is 12.2 Å². The smallest absolute Gasteiger partial charge is 0.396 e. The molecule has 196 valence electrons. The number of methoxy groups -OCH3 is 2. The van der Waals surface area contributed by atoms with E-state index in [1.54, 1.807) is 0 Å². The molecule has 0 saturated carbocycles. The van der Waals surface area contributed by atoms with E-state index in [0.717, 1.165) is 7.11 Å². The predicted molar refractivity (Wildman–Crippen MR) is 122 cm³/mol. The van der Waals surface area contributed by atoms with Gasteiger partial charge in [-0.15, -0.1) is 0 Å². The molecule has 0 atom stereocenters. The van der Waals surface area contributed by atoms with Gasteiger partial charge in [-0.2, -0.15) is 13.2 Å². The Kier molecular flexibility index (Phi) is 9.94. The van der Waals surface area contributed by atoms with E-state index in [9.17, 15) is 32.7 Å². The average Bonchev–Trinajstić information content (AvgIpc) is 2.82. The summed E-state index contributed by atoms with van der Waals surface area (Å²) in [4.78, 5) is 34.5. The molecular weight excluding hydrogens is 487 g/mol. The van der Waals surface area contributed by atoms with Crippen molar-refractivity contribution in [1.82, 2.24) is 0 Å². The summed E-state index contributed by atoms with van der Waals surface area (Å²) in [6, 6.07) is 7.10. The molecule has 0 aliphatic carbocycles. The minimum absolute atomic E-state index is 0.0463. The first-order valence-electron chi connectivity index (χ1n) is 10.7. The second-order valence-electron chi connectivity index (χ2n) is 7.47. The first kappa shape index (κ1) is 28.3. The lowest BCUT2D eigenvalue weighted by Gasteiger charge is -2.16. The molecule has 0 aliphatic heterocycles. The highest BCUT2D eigenvalue weighted by atomic mass is 19.4. The van der Waals surface area contributed by atoms with Gasteiger partial charge in [0.1, 0.15) is 11.5 Å². The Morgan fingerprint density at radius 1 is 0.972 bits per heavy atom. The molecule has 0 heterocycles. The van der Waals surface area contributed by atoms with Crippen molar-refractivity contribution in [3.63, 3.8) is 0 Å². The van der Waals surface area contributed by atoms with E-state index in [1.807, 2.05) is 0 Å². The molecule has 0 bridgehead atoms. The Bertz CT molecular complexity index is 1100. The molecule has 9 nitrogen and oxygen atoms in total. The van der Waals surface area contributed by atoms with E-state index in [-0.39, 0.29) is 41.5 Å². The number of Topliss-reactive ketones (excluding diaryl/α,β-unsaturated/α-hetero) is 1. The molecule has 0 saturated heterocycles. The number of ether oxygens (including phenoxy) is 4. The van der Waals surface area contributed by atoms with Gasteiger partial charge in [0.2, 0.25) is 0 Å². The number of aromatic hydroxyl groups is 1. The van der Waals surface area contributed by atoms with Crippen molar-refractivity contribution in [1.29, 1.82) is 0 Å². The number of carbonyl (C=O) groups is 3. The topological polar surface area (TPSA) is 120 Å². The molecule has 0 radical (unpaired) electrons. The van der Waals surface area contributed by atoms with E-state index in [1.165, 1.54) is 44.4 Å². The zero-order valence-corrected chi connectivity index (χ0v) is 19.9. The molecule has 2 aromatic rings. The van der Waals surface area contributed by atoms with Gasteiger partial charge in [0.15, 0.2) is 17.3 Å². The van der Waals surface area contributed by atoms with Crippen LogP contribution in [0.1, 0.15) is 35.7 Å². The molecule has 36 heavy (non-hydrogen) atoms. The van der Waals surface area contributed by atoms with Crippen molar-refractivity contribution in [2.75, 3.05) is 32.8 Å². The van der Waals surface area contributed by atoms with Gasteiger partial charge >= 0.3 is 18.1 Å². The average molecular weight is 513 g/mol. The van der Waals surface area contributed by atoms with Crippen molar-refractivity contribution in [3.05, 3.63) is 41.5 Å². The number of hydrogen-bond acceptors (Lipinski definition) is 8. The Morgan fingerprint density at radius 2 is 1.61 bits per heavy atom. The number of anilines is 1. The number of phenols is 1. The van der Waals surface area contributed by atoms with Crippen LogP contribution in [0.2, 0.25) is 0 Å². The molecular formula is C24H26F3NO8. The molecule has 2 N–H and O–H groups in total. The van der Waals surface area contributed by atoms with Crippen LogP contribution in [-0.4, -0.2) is 56.4 Å². The standard InChI is InChI=1S/C24H26F3NO8/c1-14(29)16-6-8-18(17(21(16)30)9-10-24(25,26)27)35-11-4-12-36-19-7-5-15(13-20(19)33-2)28-22(31)23(32)34-3/h5-8,13,30H,4,9-12H2,1-3H3,(H,28,31).